The van der Waals surface area contributed by atoms with Crippen molar-refractivity contribution < 1.29 is 13.2 Å². The summed E-state index contributed by atoms with van der Waals surface area (Å²) < 4.78 is 36.9. The third kappa shape index (κ3) is 5.13. The number of rotatable bonds is 7. The molecule has 0 aliphatic carbocycles. The Morgan fingerprint density at radius 3 is 2.33 bits per heavy atom. The van der Waals surface area contributed by atoms with Gasteiger partial charge in [0.05, 0.1) is 0 Å². The Hall–Kier alpha value is -0.290. The molecule has 2 nitrogen and oxygen atoms in total. The maximum absolute atomic E-state index is 12.3. The van der Waals surface area contributed by atoms with Gasteiger partial charge in [0, 0.05) is 30.6 Å². The Balaban J connectivity index is 1.85. The van der Waals surface area contributed by atoms with E-state index in [1.54, 1.807) is 0 Å². The molecule has 0 radical (unpaired) electrons. The average Bonchev–Trinajstić information content (AvgIpc) is 2.73. The molecule has 21 heavy (non-hydrogen) atoms. The quantitative estimate of drug-likeness (QED) is 0.761. The molecule has 2 aliphatic rings. The van der Waals surface area contributed by atoms with Crippen molar-refractivity contribution in [1.29, 1.82) is 0 Å². The van der Waals surface area contributed by atoms with E-state index in [9.17, 15) is 13.2 Å². The van der Waals surface area contributed by atoms with Gasteiger partial charge in [-0.05, 0) is 58.4 Å². The third-order valence-corrected chi connectivity index (χ3v) is 5.05. The van der Waals surface area contributed by atoms with Crippen LogP contribution in [0.4, 0.5) is 13.2 Å². The normalized spacial score (nSPS) is 30.9. The van der Waals surface area contributed by atoms with Gasteiger partial charge in [0.1, 0.15) is 0 Å². The minimum Gasteiger partial charge on any atom is -0.311 e. The van der Waals surface area contributed by atoms with Gasteiger partial charge in [0.25, 0.3) is 0 Å². The van der Waals surface area contributed by atoms with Crippen molar-refractivity contribution in [3.05, 3.63) is 0 Å². The highest BCUT2D eigenvalue weighted by molar-refractivity contribution is 4.96. The molecule has 2 rings (SSSR count). The van der Waals surface area contributed by atoms with E-state index >= 15 is 0 Å². The van der Waals surface area contributed by atoms with Gasteiger partial charge in [-0.3, -0.25) is 4.90 Å². The van der Waals surface area contributed by atoms with Crippen LogP contribution < -0.4 is 5.32 Å². The number of hydrogen-bond acceptors (Lipinski definition) is 2. The molecule has 2 aliphatic heterocycles. The third-order valence-electron chi connectivity index (χ3n) is 5.05. The summed E-state index contributed by atoms with van der Waals surface area (Å²) in [5.74, 6) is 0. The molecule has 0 saturated carbocycles. The predicted octanol–water partition coefficient (Wildman–Crippen LogP) is 4.10. The molecule has 1 N–H and O–H groups in total. The molecule has 0 amide bonds. The number of nitrogens with zero attached hydrogens (tertiary/aromatic N) is 1. The van der Waals surface area contributed by atoms with Crippen LogP contribution in [-0.4, -0.2) is 41.8 Å². The van der Waals surface area contributed by atoms with Crippen LogP contribution in [0.25, 0.3) is 0 Å². The Kier molecular flexibility index (Phi) is 5.95. The summed E-state index contributed by atoms with van der Waals surface area (Å²) >= 11 is 0. The van der Waals surface area contributed by atoms with Crippen LogP contribution in [0.5, 0.6) is 0 Å². The molecule has 0 spiro atoms. The number of nitrogens with one attached hydrogen (secondary N) is 1. The van der Waals surface area contributed by atoms with Gasteiger partial charge < -0.3 is 5.32 Å². The van der Waals surface area contributed by atoms with Crippen molar-refractivity contribution in [2.45, 2.75) is 95.6 Å². The first-order valence-corrected chi connectivity index (χ1v) is 8.47. The second kappa shape index (κ2) is 7.32. The van der Waals surface area contributed by atoms with E-state index in [2.05, 4.69) is 24.1 Å². The van der Waals surface area contributed by atoms with Gasteiger partial charge in [-0.2, -0.15) is 13.2 Å². The summed E-state index contributed by atoms with van der Waals surface area (Å²) in [7, 11) is 0. The standard InChI is InChI=1S/C16H29F3N2/c1-3-9-21(12(2)5-4-8-16(17,18)19)15-10-13-6-7-14(11-15)20-13/h12-15,20H,3-11H2,1-2H3. The Morgan fingerprint density at radius 2 is 1.81 bits per heavy atom. The Labute approximate surface area is 126 Å². The van der Waals surface area contributed by atoms with Gasteiger partial charge in [-0.25, -0.2) is 0 Å². The van der Waals surface area contributed by atoms with Crippen LogP contribution in [0.15, 0.2) is 0 Å². The summed E-state index contributed by atoms with van der Waals surface area (Å²) in [6, 6.07) is 2.09. The highest BCUT2D eigenvalue weighted by Crippen LogP contribution is 2.32. The van der Waals surface area contributed by atoms with E-state index in [0.29, 0.717) is 24.5 Å². The zero-order valence-electron chi connectivity index (χ0n) is 13.3. The van der Waals surface area contributed by atoms with E-state index in [1.165, 1.54) is 25.7 Å². The van der Waals surface area contributed by atoms with Crippen LogP contribution >= 0.6 is 0 Å². The fraction of sp³-hybridized carbons (Fsp3) is 1.00. The molecule has 2 heterocycles. The summed E-state index contributed by atoms with van der Waals surface area (Å²) in [5.41, 5.74) is 0. The highest BCUT2D eigenvalue weighted by Gasteiger charge is 2.37. The van der Waals surface area contributed by atoms with Crippen molar-refractivity contribution in [2.75, 3.05) is 6.54 Å². The molecule has 0 aromatic carbocycles. The number of halogens is 3. The minimum atomic E-state index is -4.01. The van der Waals surface area contributed by atoms with E-state index in [-0.39, 0.29) is 12.5 Å². The molecule has 3 atom stereocenters. The van der Waals surface area contributed by atoms with Crippen molar-refractivity contribution in [1.82, 2.24) is 10.2 Å². The predicted molar refractivity (Wildman–Crippen MR) is 79.3 cm³/mol. The Morgan fingerprint density at radius 1 is 1.19 bits per heavy atom. The van der Waals surface area contributed by atoms with Gasteiger partial charge in [-0.1, -0.05) is 6.92 Å². The van der Waals surface area contributed by atoms with E-state index in [0.717, 1.165) is 13.0 Å². The zero-order chi connectivity index (χ0) is 15.5. The summed E-state index contributed by atoms with van der Waals surface area (Å²) in [4.78, 5) is 2.49. The van der Waals surface area contributed by atoms with Crippen LogP contribution in [0.3, 0.4) is 0 Å². The van der Waals surface area contributed by atoms with Crippen LogP contribution in [0.2, 0.25) is 0 Å². The molecule has 124 valence electrons. The molecule has 0 aromatic rings. The molecular formula is C16H29F3N2. The molecule has 3 unspecified atom stereocenters. The Bertz CT molecular complexity index is 307. The molecule has 2 saturated heterocycles. The van der Waals surface area contributed by atoms with Gasteiger partial charge in [0.2, 0.25) is 0 Å². The van der Waals surface area contributed by atoms with Gasteiger partial charge in [0.15, 0.2) is 0 Å². The maximum atomic E-state index is 12.3. The van der Waals surface area contributed by atoms with E-state index in [4.69, 9.17) is 0 Å². The lowest BCUT2D eigenvalue weighted by Crippen LogP contribution is -2.51. The maximum Gasteiger partial charge on any atom is 0.389 e. The van der Waals surface area contributed by atoms with E-state index in [1.807, 2.05) is 0 Å². The van der Waals surface area contributed by atoms with Crippen molar-refractivity contribution in [3.63, 3.8) is 0 Å². The first-order chi connectivity index (χ1) is 9.89. The molecule has 2 bridgehead atoms. The topological polar surface area (TPSA) is 15.3 Å². The number of piperidine rings is 1. The van der Waals surface area contributed by atoms with Crippen LogP contribution in [-0.2, 0) is 0 Å². The lowest BCUT2D eigenvalue weighted by molar-refractivity contribution is -0.136. The van der Waals surface area contributed by atoms with Gasteiger partial charge >= 0.3 is 6.18 Å². The number of alkyl halides is 3. The zero-order valence-corrected chi connectivity index (χ0v) is 13.3. The fourth-order valence-electron chi connectivity index (χ4n) is 4.08. The second-order valence-corrected chi connectivity index (χ2v) is 6.86. The number of hydrogen-bond donors (Lipinski definition) is 1. The largest absolute Gasteiger partial charge is 0.389 e. The summed E-state index contributed by atoms with van der Waals surface area (Å²) in [6.45, 7) is 5.28. The molecular weight excluding hydrogens is 277 g/mol. The molecule has 2 fully saturated rings. The SMILES string of the molecule is CCCN(C(C)CCCC(F)(F)F)C1CC2CCC(C1)N2. The van der Waals surface area contributed by atoms with Crippen molar-refractivity contribution in [2.24, 2.45) is 0 Å². The van der Waals surface area contributed by atoms with Crippen molar-refractivity contribution in [3.8, 4) is 0 Å². The molecule has 5 heteroatoms. The number of fused-ring (bicyclic) bond motifs is 2. The first kappa shape index (κ1) is 17.1. The lowest BCUT2D eigenvalue weighted by Gasteiger charge is -2.41. The van der Waals surface area contributed by atoms with E-state index < -0.39 is 12.6 Å². The average molecular weight is 306 g/mol. The lowest BCUT2D eigenvalue weighted by atomic mass is 9.95. The first-order valence-electron chi connectivity index (χ1n) is 8.47. The van der Waals surface area contributed by atoms with Crippen LogP contribution in [0.1, 0.15) is 65.2 Å². The minimum absolute atomic E-state index is 0.253. The van der Waals surface area contributed by atoms with Crippen molar-refractivity contribution >= 4 is 0 Å². The fourth-order valence-corrected chi connectivity index (χ4v) is 4.08. The summed E-state index contributed by atoms with van der Waals surface area (Å²) in [6.07, 6.45) is 2.19. The molecule has 0 aromatic heterocycles. The smallest absolute Gasteiger partial charge is 0.311 e. The second-order valence-electron chi connectivity index (χ2n) is 6.86. The van der Waals surface area contributed by atoms with Gasteiger partial charge in [-0.15, -0.1) is 0 Å². The monoisotopic (exact) mass is 306 g/mol. The van der Waals surface area contributed by atoms with Crippen LogP contribution in [0, 0.1) is 0 Å². The summed E-state index contributed by atoms with van der Waals surface area (Å²) in [5, 5.41) is 3.64. The highest BCUT2D eigenvalue weighted by atomic mass is 19.4.